The van der Waals surface area contributed by atoms with Gasteiger partial charge in [0.15, 0.2) is 5.82 Å². The Morgan fingerprint density at radius 3 is 2.59 bits per heavy atom. The third-order valence-corrected chi connectivity index (χ3v) is 3.19. The molecule has 0 bridgehead atoms. The normalized spacial score (nSPS) is 11.2. The van der Waals surface area contributed by atoms with E-state index in [1.54, 1.807) is 11.9 Å². The van der Waals surface area contributed by atoms with Crippen molar-refractivity contribution in [3.63, 3.8) is 0 Å². The Morgan fingerprint density at radius 1 is 1.47 bits per heavy atom. The second kappa shape index (κ2) is 5.37. The number of thiocarbonyl (C=S) groups is 1. The number of hydrogen-bond acceptors (Lipinski definition) is 6. The van der Waals surface area contributed by atoms with Crippen molar-refractivity contribution in [2.45, 2.75) is 0 Å². The Balaban J connectivity index is 2.89. The van der Waals surface area contributed by atoms with E-state index in [1.807, 2.05) is 0 Å². The molecule has 0 unspecified atom stereocenters. The van der Waals surface area contributed by atoms with E-state index in [4.69, 9.17) is 18.0 Å². The highest BCUT2D eigenvalue weighted by atomic mass is 32.2. The van der Waals surface area contributed by atoms with Crippen molar-refractivity contribution in [3.8, 4) is 0 Å². The zero-order valence-electron chi connectivity index (χ0n) is 9.62. The molecule has 0 aliphatic rings. The summed E-state index contributed by atoms with van der Waals surface area (Å²) in [6, 6.07) is 0. The van der Waals surface area contributed by atoms with Crippen LogP contribution < -0.4 is 10.6 Å². The van der Waals surface area contributed by atoms with Crippen LogP contribution in [0.5, 0.6) is 0 Å². The maximum Gasteiger partial charge on any atom is 0.157 e. The van der Waals surface area contributed by atoms with E-state index < -0.39 is 9.84 Å². The van der Waals surface area contributed by atoms with E-state index in [-0.39, 0.29) is 10.7 Å². The maximum absolute atomic E-state index is 11.1. The largest absolute Gasteiger partial charge is 0.388 e. The van der Waals surface area contributed by atoms with Gasteiger partial charge in [-0.15, -0.1) is 0 Å². The number of hydrogen-bond donors (Lipinski definition) is 1. The molecule has 1 aromatic heterocycles. The molecular weight excluding hydrogens is 260 g/mol. The quantitative estimate of drug-likeness (QED) is 0.730. The minimum Gasteiger partial charge on any atom is -0.388 e. The Bertz CT molecular complexity index is 515. The molecule has 1 rings (SSSR count). The minimum atomic E-state index is -3.01. The van der Waals surface area contributed by atoms with Crippen molar-refractivity contribution in [3.05, 3.63) is 18.1 Å². The Labute approximate surface area is 106 Å². The molecule has 0 saturated carbocycles. The van der Waals surface area contributed by atoms with E-state index in [0.717, 1.165) is 0 Å². The van der Waals surface area contributed by atoms with Crippen molar-refractivity contribution < 1.29 is 8.42 Å². The lowest BCUT2D eigenvalue weighted by atomic mass is 10.3. The van der Waals surface area contributed by atoms with E-state index in [1.165, 1.54) is 18.6 Å². The zero-order valence-corrected chi connectivity index (χ0v) is 11.3. The zero-order chi connectivity index (χ0) is 13.1. The van der Waals surface area contributed by atoms with Crippen LogP contribution >= 0.6 is 12.2 Å². The van der Waals surface area contributed by atoms with Crippen LogP contribution in [0.1, 0.15) is 5.69 Å². The van der Waals surface area contributed by atoms with E-state index in [0.29, 0.717) is 18.1 Å². The minimum absolute atomic E-state index is 0.0385. The first-order valence-corrected chi connectivity index (χ1v) is 7.28. The molecule has 0 amide bonds. The van der Waals surface area contributed by atoms with Gasteiger partial charge in [-0.25, -0.2) is 18.4 Å². The Morgan fingerprint density at radius 2 is 2.06 bits per heavy atom. The van der Waals surface area contributed by atoms with Crippen molar-refractivity contribution >= 4 is 32.9 Å². The third-order valence-electron chi connectivity index (χ3n) is 2.07. The fourth-order valence-corrected chi connectivity index (χ4v) is 1.94. The van der Waals surface area contributed by atoms with E-state index >= 15 is 0 Å². The Kier molecular flexibility index (Phi) is 4.35. The van der Waals surface area contributed by atoms with Gasteiger partial charge in [0.1, 0.15) is 20.5 Å². The van der Waals surface area contributed by atoms with Gasteiger partial charge in [-0.05, 0) is 0 Å². The number of aromatic nitrogens is 2. The van der Waals surface area contributed by atoms with Crippen molar-refractivity contribution in [1.29, 1.82) is 0 Å². The highest BCUT2D eigenvalue weighted by Crippen LogP contribution is 2.12. The molecule has 0 aliphatic heterocycles. The molecule has 0 aliphatic carbocycles. The SMILES string of the molecule is CN(CCS(C)(=O)=O)c1nccnc1C(N)=S. The van der Waals surface area contributed by atoms with Gasteiger partial charge in [0.2, 0.25) is 0 Å². The number of sulfone groups is 1. The van der Waals surface area contributed by atoms with Crippen LogP contribution in [0.3, 0.4) is 0 Å². The van der Waals surface area contributed by atoms with Crippen LogP contribution in [0, 0.1) is 0 Å². The lowest BCUT2D eigenvalue weighted by Crippen LogP contribution is -2.28. The summed E-state index contributed by atoms with van der Waals surface area (Å²) >= 11 is 4.86. The molecule has 0 aromatic carbocycles. The van der Waals surface area contributed by atoms with Crippen molar-refractivity contribution in [2.24, 2.45) is 5.73 Å². The molecule has 0 atom stereocenters. The van der Waals surface area contributed by atoms with Gasteiger partial charge >= 0.3 is 0 Å². The maximum atomic E-state index is 11.1. The predicted molar refractivity (Wildman–Crippen MR) is 70.9 cm³/mol. The number of rotatable bonds is 5. The third kappa shape index (κ3) is 4.23. The molecule has 2 N–H and O–H groups in total. The van der Waals surface area contributed by atoms with Crippen LogP contribution in [0.15, 0.2) is 12.4 Å². The van der Waals surface area contributed by atoms with Gasteiger partial charge in [-0.3, -0.25) is 0 Å². The lowest BCUT2D eigenvalue weighted by Gasteiger charge is -2.19. The summed E-state index contributed by atoms with van der Waals surface area (Å²) in [6.45, 7) is 0.313. The number of nitrogens with zero attached hydrogens (tertiary/aromatic N) is 3. The van der Waals surface area contributed by atoms with Gasteiger partial charge in [-0.2, -0.15) is 0 Å². The average molecular weight is 274 g/mol. The first-order valence-electron chi connectivity index (χ1n) is 4.81. The molecule has 6 nitrogen and oxygen atoms in total. The molecule has 0 radical (unpaired) electrons. The molecular formula is C9H14N4O2S2. The number of anilines is 1. The molecule has 1 heterocycles. The second-order valence-corrected chi connectivity index (χ2v) is 6.34. The fourth-order valence-electron chi connectivity index (χ4n) is 1.19. The van der Waals surface area contributed by atoms with Crippen LogP contribution in [-0.2, 0) is 9.84 Å². The van der Waals surface area contributed by atoms with Crippen LogP contribution in [-0.4, -0.2) is 49.0 Å². The molecule has 0 saturated heterocycles. The second-order valence-electron chi connectivity index (χ2n) is 3.64. The first kappa shape index (κ1) is 13.8. The van der Waals surface area contributed by atoms with Crippen LogP contribution in [0.2, 0.25) is 0 Å². The molecule has 94 valence electrons. The van der Waals surface area contributed by atoms with Gasteiger partial charge < -0.3 is 10.6 Å². The molecule has 0 fully saturated rings. The standard InChI is InChI=1S/C9H14N4O2S2/c1-13(5-6-17(2,14)15)9-7(8(10)16)11-3-4-12-9/h3-4H,5-6H2,1-2H3,(H2,10,16). The van der Waals surface area contributed by atoms with Gasteiger partial charge in [-0.1, -0.05) is 12.2 Å². The highest BCUT2D eigenvalue weighted by molar-refractivity contribution is 7.90. The van der Waals surface area contributed by atoms with E-state index in [9.17, 15) is 8.42 Å². The summed E-state index contributed by atoms with van der Waals surface area (Å²) in [6.07, 6.45) is 4.18. The van der Waals surface area contributed by atoms with Gasteiger partial charge in [0, 0.05) is 32.2 Å². The van der Waals surface area contributed by atoms with Crippen LogP contribution in [0.4, 0.5) is 5.82 Å². The smallest absolute Gasteiger partial charge is 0.157 e. The van der Waals surface area contributed by atoms with E-state index in [2.05, 4.69) is 9.97 Å². The molecule has 17 heavy (non-hydrogen) atoms. The topological polar surface area (TPSA) is 89.2 Å². The summed E-state index contributed by atoms with van der Waals surface area (Å²) < 4.78 is 22.1. The Hall–Kier alpha value is -1.28. The average Bonchev–Trinajstić information content (AvgIpc) is 2.25. The van der Waals surface area contributed by atoms with Crippen LogP contribution in [0.25, 0.3) is 0 Å². The summed E-state index contributed by atoms with van der Waals surface area (Å²) in [5, 5.41) is 0. The van der Waals surface area contributed by atoms with Crippen molar-refractivity contribution in [2.75, 3.05) is 30.5 Å². The van der Waals surface area contributed by atoms with Gasteiger partial charge in [0.25, 0.3) is 0 Å². The fraction of sp³-hybridized carbons (Fsp3) is 0.444. The summed E-state index contributed by atoms with van der Waals surface area (Å²) in [4.78, 5) is 9.93. The summed E-state index contributed by atoms with van der Waals surface area (Å²) in [7, 11) is -1.30. The first-order chi connectivity index (χ1) is 7.81. The number of nitrogens with two attached hydrogens (primary N) is 1. The predicted octanol–water partition coefficient (Wildman–Crippen LogP) is -0.408. The molecule has 1 aromatic rings. The summed E-state index contributed by atoms with van der Waals surface area (Å²) in [5.74, 6) is 0.528. The van der Waals surface area contributed by atoms with Gasteiger partial charge in [0.05, 0.1) is 5.75 Å². The van der Waals surface area contributed by atoms with Crippen molar-refractivity contribution in [1.82, 2.24) is 9.97 Å². The monoisotopic (exact) mass is 274 g/mol. The molecule has 8 heteroatoms. The molecule has 0 spiro atoms. The lowest BCUT2D eigenvalue weighted by molar-refractivity contribution is 0.601. The highest BCUT2D eigenvalue weighted by Gasteiger charge is 2.13. The summed E-state index contributed by atoms with van der Waals surface area (Å²) in [5.41, 5.74) is 5.92.